The molecule has 1 amide bonds. The number of pyridine rings is 1. The summed E-state index contributed by atoms with van der Waals surface area (Å²) in [5.41, 5.74) is 3.65. The van der Waals surface area contributed by atoms with Gasteiger partial charge in [-0.05, 0) is 42.3 Å². The predicted octanol–water partition coefficient (Wildman–Crippen LogP) is 1.86. The number of ether oxygens (including phenoxy) is 1. The number of benzene rings is 1. The van der Waals surface area contributed by atoms with Crippen LogP contribution in [0.25, 0.3) is 0 Å². The maximum absolute atomic E-state index is 15.0. The number of nitrogens with one attached hydrogen (secondary N) is 2. The average Bonchev–Trinajstić information content (AvgIpc) is 2.68. The van der Waals surface area contributed by atoms with Crippen LogP contribution in [-0.4, -0.2) is 43.9 Å². The summed E-state index contributed by atoms with van der Waals surface area (Å²) in [4.78, 5) is 16.1. The first kappa shape index (κ1) is 21.1. The minimum Gasteiger partial charge on any atom is -0.344 e. The fourth-order valence-electron chi connectivity index (χ4n) is 3.69. The van der Waals surface area contributed by atoms with Crippen molar-refractivity contribution >= 4 is 33.0 Å². The molecule has 2 atom stereocenters. The summed E-state index contributed by atoms with van der Waals surface area (Å²) in [7, 11) is -3.78. The Bertz CT molecular complexity index is 1110. The first-order valence-electron chi connectivity index (χ1n) is 8.87. The molecule has 3 heterocycles. The molecule has 1 spiro atoms. The first-order chi connectivity index (χ1) is 14.0. The molecule has 1 aromatic heterocycles. The third-order valence-electron chi connectivity index (χ3n) is 5.20. The molecule has 4 rings (SSSR count). The zero-order chi connectivity index (χ0) is 21.7. The van der Waals surface area contributed by atoms with Crippen LogP contribution >= 0.6 is 11.6 Å². The zero-order valence-electron chi connectivity index (χ0n) is 15.4. The number of nitrogens with two attached hydrogens (primary N) is 1. The third-order valence-corrected chi connectivity index (χ3v) is 7.19. The minimum absolute atomic E-state index is 0.0519. The van der Waals surface area contributed by atoms with Gasteiger partial charge in [-0.2, -0.15) is 0 Å². The minimum atomic E-state index is -3.78. The summed E-state index contributed by atoms with van der Waals surface area (Å²) < 4.78 is 59.9. The summed E-state index contributed by atoms with van der Waals surface area (Å²) in [5.74, 6) is -4.52. The second kappa shape index (κ2) is 7.20. The van der Waals surface area contributed by atoms with Gasteiger partial charge in [-0.1, -0.05) is 11.6 Å². The fourth-order valence-corrected chi connectivity index (χ4v) is 5.44. The average molecular weight is 459 g/mol. The van der Waals surface area contributed by atoms with E-state index in [2.05, 4.69) is 15.6 Å². The predicted molar refractivity (Wildman–Crippen MR) is 104 cm³/mol. The fraction of sp³-hybridized carbons (Fsp3) is 0.333. The summed E-state index contributed by atoms with van der Waals surface area (Å²) in [6.45, 7) is -0.966. The first-order valence-corrected chi connectivity index (χ1v) is 10.9. The number of fused-ring (bicyclic) bond motifs is 2. The Morgan fingerprint density at radius 3 is 2.80 bits per heavy atom. The molecule has 2 aliphatic rings. The number of halogens is 3. The highest BCUT2D eigenvalue weighted by Crippen LogP contribution is 2.49. The van der Waals surface area contributed by atoms with Gasteiger partial charge < -0.3 is 10.1 Å². The summed E-state index contributed by atoms with van der Waals surface area (Å²) in [5, 5.41) is 5.42. The molecule has 0 saturated carbocycles. The van der Waals surface area contributed by atoms with Gasteiger partial charge >= 0.3 is 0 Å². The van der Waals surface area contributed by atoms with Crippen molar-refractivity contribution in [2.45, 2.75) is 29.1 Å². The SMILES string of the molecule is NC1N[C@@]2(CCS(=O)(=O)c3ccc(NC(=O)c4ccc(Cl)cn4)cc32)C(F)(F)CO1. The van der Waals surface area contributed by atoms with Crippen LogP contribution in [0.3, 0.4) is 0 Å². The molecule has 0 radical (unpaired) electrons. The van der Waals surface area contributed by atoms with E-state index in [1.807, 2.05) is 0 Å². The second-order valence-electron chi connectivity index (χ2n) is 7.08. The number of hydrogen-bond donors (Lipinski definition) is 3. The number of sulfone groups is 1. The molecule has 30 heavy (non-hydrogen) atoms. The molecule has 2 aromatic rings. The smallest absolute Gasteiger partial charge is 0.293 e. The van der Waals surface area contributed by atoms with Gasteiger partial charge in [0.15, 0.2) is 16.2 Å². The van der Waals surface area contributed by atoms with E-state index in [4.69, 9.17) is 22.1 Å². The molecule has 1 saturated heterocycles. The van der Waals surface area contributed by atoms with E-state index in [0.717, 1.165) is 0 Å². The number of anilines is 1. The van der Waals surface area contributed by atoms with E-state index >= 15 is 0 Å². The van der Waals surface area contributed by atoms with Crippen molar-refractivity contribution in [3.05, 3.63) is 52.8 Å². The van der Waals surface area contributed by atoms with Gasteiger partial charge in [0.2, 0.25) is 0 Å². The topological polar surface area (TPSA) is 123 Å². The van der Waals surface area contributed by atoms with Gasteiger partial charge in [0, 0.05) is 11.9 Å². The van der Waals surface area contributed by atoms with Gasteiger partial charge in [0.25, 0.3) is 11.8 Å². The Hall–Kier alpha value is -2.18. The highest BCUT2D eigenvalue weighted by molar-refractivity contribution is 7.91. The van der Waals surface area contributed by atoms with Gasteiger partial charge in [0.05, 0.1) is 15.7 Å². The molecule has 0 aliphatic carbocycles. The van der Waals surface area contributed by atoms with Crippen molar-refractivity contribution in [2.75, 3.05) is 17.7 Å². The van der Waals surface area contributed by atoms with Crippen LogP contribution in [0.4, 0.5) is 14.5 Å². The molecule has 2 aliphatic heterocycles. The Kier molecular flexibility index (Phi) is 5.06. The van der Waals surface area contributed by atoms with Crippen molar-refractivity contribution in [3.63, 3.8) is 0 Å². The molecular formula is C18H17ClF2N4O4S. The largest absolute Gasteiger partial charge is 0.344 e. The number of hydrogen-bond acceptors (Lipinski definition) is 7. The molecule has 4 N–H and O–H groups in total. The normalized spacial score (nSPS) is 26.7. The number of carbonyl (C=O) groups is 1. The van der Waals surface area contributed by atoms with Crippen LogP contribution < -0.4 is 16.4 Å². The van der Waals surface area contributed by atoms with E-state index in [1.165, 1.54) is 36.5 Å². The van der Waals surface area contributed by atoms with Crippen LogP contribution in [0.2, 0.25) is 5.02 Å². The highest BCUT2D eigenvalue weighted by atomic mass is 35.5. The van der Waals surface area contributed by atoms with Gasteiger partial charge in [-0.15, -0.1) is 0 Å². The van der Waals surface area contributed by atoms with Crippen molar-refractivity contribution in [1.29, 1.82) is 0 Å². The van der Waals surface area contributed by atoms with Crippen LogP contribution in [0.15, 0.2) is 41.4 Å². The number of aromatic nitrogens is 1. The molecule has 160 valence electrons. The quantitative estimate of drug-likeness (QED) is 0.627. The van der Waals surface area contributed by atoms with Crippen molar-refractivity contribution < 1.29 is 26.7 Å². The molecule has 1 fully saturated rings. The van der Waals surface area contributed by atoms with Crippen LogP contribution in [-0.2, 0) is 20.1 Å². The number of nitrogens with zero attached hydrogens (tertiary/aromatic N) is 1. The molecule has 1 aromatic carbocycles. The Labute approximate surface area is 175 Å². The third kappa shape index (κ3) is 3.46. The van der Waals surface area contributed by atoms with E-state index in [-0.39, 0.29) is 21.8 Å². The van der Waals surface area contributed by atoms with Crippen molar-refractivity contribution in [1.82, 2.24) is 10.3 Å². The summed E-state index contributed by atoms with van der Waals surface area (Å²) >= 11 is 5.75. The Balaban J connectivity index is 1.77. The molecule has 12 heteroatoms. The van der Waals surface area contributed by atoms with Crippen molar-refractivity contribution in [2.24, 2.45) is 5.73 Å². The molecular weight excluding hydrogens is 442 g/mol. The Morgan fingerprint density at radius 2 is 2.10 bits per heavy atom. The van der Waals surface area contributed by atoms with E-state index in [1.54, 1.807) is 0 Å². The molecule has 1 unspecified atom stereocenters. The van der Waals surface area contributed by atoms with Crippen LogP contribution in [0.5, 0.6) is 0 Å². The Morgan fingerprint density at radius 1 is 1.33 bits per heavy atom. The summed E-state index contributed by atoms with van der Waals surface area (Å²) in [6, 6.07) is 6.63. The second-order valence-corrected chi connectivity index (χ2v) is 9.60. The number of carbonyl (C=O) groups excluding carboxylic acids is 1. The monoisotopic (exact) mass is 458 g/mol. The number of amides is 1. The van der Waals surface area contributed by atoms with Gasteiger partial charge in [-0.3, -0.25) is 15.8 Å². The molecule has 8 nitrogen and oxygen atoms in total. The zero-order valence-corrected chi connectivity index (χ0v) is 16.9. The lowest BCUT2D eigenvalue weighted by Gasteiger charge is -2.49. The molecule has 0 bridgehead atoms. The van der Waals surface area contributed by atoms with Crippen molar-refractivity contribution in [3.8, 4) is 0 Å². The lowest BCUT2D eigenvalue weighted by atomic mass is 9.79. The maximum Gasteiger partial charge on any atom is 0.293 e. The van der Waals surface area contributed by atoms with Crippen LogP contribution in [0, 0.1) is 0 Å². The maximum atomic E-state index is 15.0. The lowest BCUT2D eigenvalue weighted by Crippen LogP contribution is -2.69. The van der Waals surface area contributed by atoms with E-state index in [9.17, 15) is 22.0 Å². The number of rotatable bonds is 2. The standard InChI is InChI=1S/C18H17ClF2N4O4S/c19-10-1-3-13(23-8-10)15(26)24-11-2-4-14-12(7-11)17(5-6-30(14,27)28)18(20,21)9-29-16(22)25-17/h1-4,7-8,16,25H,5-6,9,22H2,(H,24,26)/t16?,17-/m1/s1. The van der Waals surface area contributed by atoms with Gasteiger partial charge in [0.1, 0.15) is 17.8 Å². The number of alkyl halides is 2. The lowest BCUT2D eigenvalue weighted by molar-refractivity contribution is -0.215. The summed E-state index contributed by atoms with van der Waals surface area (Å²) in [6.07, 6.45) is -0.309. The van der Waals surface area contributed by atoms with Gasteiger partial charge in [-0.25, -0.2) is 22.2 Å². The van der Waals surface area contributed by atoms with Crippen LogP contribution in [0.1, 0.15) is 22.5 Å². The highest BCUT2D eigenvalue weighted by Gasteiger charge is 2.61. The van der Waals surface area contributed by atoms with E-state index < -0.39 is 52.3 Å². The van der Waals surface area contributed by atoms with E-state index in [0.29, 0.717) is 5.02 Å².